The molecule has 1 heterocycles. The molecule has 0 aliphatic carbocycles. The molecule has 4 nitrogen and oxygen atoms in total. The van der Waals surface area contributed by atoms with Crippen LogP contribution in [0.25, 0.3) is 0 Å². The normalized spacial score (nSPS) is 13.4. The van der Waals surface area contributed by atoms with E-state index >= 15 is 0 Å². The first kappa shape index (κ1) is 13.2. The minimum Gasteiger partial charge on any atom is -0.465 e. The number of carbonyl (C=O) groups is 1. The molecule has 90 valence electrons. The second kappa shape index (κ2) is 5.45. The molecule has 1 aromatic rings. The first-order valence-corrected chi connectivity index (χ1v) is 7.76. The van der Waals surface area contributed by atoms with E-state index in [-0.39, 0.29) is 12.4 Å². The molecule has 0 radical (unpaired) electrons. The highest BCUT2D eigenvalue weighted by Gasteiger charge is 2.26. The quantitative estimate of drug-likeness (QED) is 0.753. The second-order valence-corrected chi connectivity index (χ2v) is 6.58. The highest BCUT2D eigenvalue weighted by Crippen LogP contribution is 2.24. The lowest BCUT2D eigenvalue weighted by Gasteiger charge is -2.12. The van der Waals surface area contributed by atoms with Crippen molar-refractivity contribution < 1.29 is 17.9 Å². The van der Waals surface area contributed by atoms with Crippen molar-refractivity contribution >= 4 is 27.1 Å². The summed E-state index contributed by atoms with van der Waals surface area (Å²) >= 11 is 1.36. The van der Waals surface area contributed by atoms with E-state index in [9.17, 15) is 13.2 Å². The van der Waals surface area contributed by atoms with E-state index in [1.165, 1.54) is 11.3 Å². The van der Waals surface area contributed by atoms with Gasteiger partial charge in [0.05, 0.1) is 12.4 Å². The van der Waals surface area contributed by atoms with Crippen LogP contribution >= 0.6 is 11.3 Å². The van der Waals surface area contributed by atoms with Gasteiger partial charge in [-0.1, -0.05) is 6.07 Å². The zero-order chi connectivity index (χ0) is 12.2. The summed E-state index contributed by atoms with van der Waals surface area (Å²) in [5.74, 6) is -1.38. The van der Waals surface area contributed by atoms with Crippen molar-refractivity contribution in [2.75, 3.05) is 18.6 Å². The summed E-state index contributed by atoms with van der Waals surface area (Å²) in [4.78, 5) is 12.4. The first-order chi connectivity index (χ1) is 7.44. The molecule has 1 aromatic heterocycles. The number of hydrogen-bond acceptors (Lipinski definition) is 5. The molecule has 16 heavy (non-hydrogen) atoms. The summed E-state index contributed by atoms with van der Waals surface area (Å²) in [5, 5.41) is 1.81. The number of thiophene rings is 1. The summed E-state index contributed by atoms with van der Waals surface area (Å²) in [6.45, 7) is 1.95. The molecule has 0 fully saturated rings. The molecule has 0 saturated carbocycles. The number of esters is 1. The van der Waals surface area contributed by atoms with Crippen LogP contribution in [0.3, 0.4) is 0 Å². The molecule has 6 heteroatoms. The highest BCUT2D eigenvalue weighted by molar-refractivity contribution is 7.90. The van der Waals surface area contributed by atoms with Crippen LogP contribution in [0.5, 0.6) is 0 Å². The van der Waals surface area contributed by atoms with E-state index < -0.39 is 21.7 Å². The number of sulfone groups is 1. The maximum absolute atomic E-state index is 11.6. The molecule has 0 aliphatic rings. The molecule has 0 bridgehead atoms. The van der Waals surface area contributed by atoms with Gasteiger partial charge in [0.15, 0.2) is 0 Å². The van der Waals surface area contributed by atoms with Crippen LogP contribution in [-0.4, -0.2) is 33.0 Å². The number of carbonyl (C=O) groups excluding carboxylic acids is 1. The summed E-state index contributed by atoms with van der Waals surface area (Å²) in [5.41, 5.74) is 0. The number of rotatable bonds is 5. The number of hydrogen-bond donors (Lipinski definition) is 0. The maximum Gasteiger partial charge on any atom is 0.315 e. The van der Waals surface area contributed by atoms with Gasteiger partial charge in [-0.3, -0.25) is 4.79 Å². The summed E-state index contributed by atoms with van der Waals surface area (Å²) in [6.07, 6.45) is 1.12. The Bertz CT molecular complexity index is 433. The minimum absolute atomic E-state index is 0.202. The zero-order valence-corrected chi connectivity index (χ0v) is 10.8. The van der Waals surface area contributed by atoms with Crippen molar-refractivity contribution in [1.82, 2.24) is 0 Å². The van der Waals surface area contributed by atoms with Crippen LogP contribution in [0.15, 0.2) is 17.5 Å². The van der Waals surface area contributed by atoms with Crippen molar-refractivity contribution in [2.45, 2.75) is 12.8 Å². The predicted molar refractivity (Wildman–Crippen MR) is 63.4 cm³/mol. The average Bonchev–Trinajstić information content (AvgIpc) is 2.65. The fraction of sp³-hybridized carbons (Fsp3) is 0.500. The van der Waals surface area contributed by atoms with E-state index in [0.29, 0.717) is 0 Å². The van der Waals surface area contributed by atoms with Crippen LogP contribution in [0, 0.1) is 0 Å². The molecule has 0 aliphatic heterocycles. The topological polar surface area (TPSA) is 60.4 Å². The Labute approximate surface area is 99.2 Å². The molecule has 0 saturated heterocycles. The van der Waals surface area contributed by atoms with E-state index in [2.05, 4.69) is 0 Å². The van der Waals surface area contributed by atoms with Gasteiger partial charge in [-0.25, -0.2) is 8.42 Å². The van der Waals surface area contributed by atoms with E-state index in [4.69, 9.17) is 4.74 Å². The minimum atomic E-state index is -3.21. The first-order valence-electron chi connectivity index (χ1n) is 4.82. The Balaban J connectivity index is 2.90. The van der Waals surface area contributed by atoms with Gasteiger partial charge in [-0.2, -0.15) is 0 Å². The lowest BCUT2D eigenvalue weighted by Crippen LogP contribution is -2.22. The third-order valence-corrected chi connectivity index (χ3v) is 3.85. The SMILES string of the molecule is CCOC(=O)C(CS(C)(=O)=O)c1cccs1. The van der Waals surface area contributed by atoms with Crippen molar-refractivity contribution in [1.29, 1.82) is 0 Å². The third kappa shape index (κ3) is 3.94. The van der Waals surface area contributed by atoms with Crippen LogP contribution in [0.2, 0.25) is 0 Å². The fourth-order valence-corrected chi connectivity index (χ4v) is 3.14. The molecule has 0 N–H and O–H groups in total. The van der Waals surface area contributed by atoms with Gasteiger partial charge in [0.1, 0.15) is 15.8 Å². The molecule has 1 unspecified atom stereocenters. The lowest BCUT2D eigenvalue weighted by atomic mass is 10.1. The summed E-state index contributed by atoms with van der Waals surface area (Å²) in [6, 6.07) is 3.53. The average molecular weight is 262 g/mol. The van der Waals surface area contributed by atoms with Gasteiger partial charge in [-0.15, -0.1) is 11.3 Å². The van der Waals surface area contributed by atoms with Gasteiger partial charge < -0.3 is 4.74 Å². The largest absolute Gasteiger partial charge is 0.465 e. The van der Waals surface area contributed by atoms with E-state index in [1.54, 1.807) is 19.1 Å². The Hall–Kier alpha value is -0.880. The number of ether oxygens (including phenoxy) is 1. The van der Waals surface area contributed by atoms with E-state index in [0.717, 1.165) is 11.1 Å². The maximum atomic E-state index is 11.6. The van der Waals surface area contributed by atoms with E-state index in [1.807, 2.05) is 5.38 Å². The Morgan fingerprint density at radius 3 is 2.69 bits per heavy atom. The van der Waals surface area contributed by atoms with Crippen molar-refractivity contribution in [2.24, 2.45) is 0 Å². The standard InChI is InChI=1S/C10H14O4S2/c1-3-14-10(11)8(7-16(2,12)13)9-5-4-6-15-9/h4-6,8H,3,7H2,1-2H3. The van der Waals surface area contributed by atoms with Gasteiger partial charge in [0.25, 0.3) is 0 Å². The van der Waals surface area contributed by atoms with Gasteiger partial charge in [0, 0.05) is 11.1 Å². The third-order valence-electron chi connectivity index (χ3n) is 1.93. The molecule has 0 amide bonds. The Morgan fingerprint density at radius 2 is 2.25 bits per heavy atom. The molecule has 1 rings (SSSR count). The Kier molecular flexibility index (Phi) is 4.49. The van der Waals surface area contributed by atoms with Crippen LogP contribution in [-0.2, 0) is 19.4 Å². The second-order valence-electron chi connectivity index (χ2n) is 3.41. The van der Waals surface area contributed by atoms with Crippen LogP contribution in [0.1, 0.15) is 17.7 Å². The zero-order valence-electron chi connectivity index (χ0n) is 9.17. The molecule has 1 atom stereocenters. The molecule has 0 aromatic carbocycles. The van der Waals surface area contributed by atoms with Gasteiger partial charge in [0.2, 0.25) is 0 Å². The van der Waals surface area contributed by atoms with Gasteiger partial charge in [-0.05, 0) is 18.4 Å². The summed E-state index contributed by atoms with van der Waals surface area (Å²) < 4.78 is 27.4. The Morgan fingerprint density at radius 1 is 1.56 bits per heavy atom. The molecular weight excluding hydrogens is 248 g/mol. The molecule has 0 spiro atoms. The van der Waals surface area contributed by atoms with Crippen molar-refractivity contribution in [3.05, 3.63) is 22.4 Å². The summed E-state index contributed by atoms with van der Waals surface area (Å²) in [7, 11) is -3.21. The predicted octanol–water partition coefficient (Wildman–Crippen LogP) is 1.44. The van der Waals surface area contributed by atoms with Crippen LogP contribution < -0.4 is 0 Å². The van der Waals surface area contributed by atoms with Crippen molar-refractivity contribution in [3.8, 4) is 0 Å². The molecular formula is C10H14O4S2. The smallest absolute Gasteiger partial charge is 0.315 e. The lowest BCUT2D eigenvalue weighted by molar-refractivity contribution is -0.144. The highest BCUT2D eigenvalue weighted by atomic mass is 32.2. The van der Waals surface area contributed by atoms with Gasteiger partial charge >= 0.3 is 5.97 Å². The monoisotopic (exact) mass is 262 g/mol. The fourth-order valence-electron chi connectivity index (χ4n) is 1.30. The van der Waals surface area contributed by atoms with Crippen molar-refractivity contribution in [3.63, 3.8) is 0 Å². The van der Waals surface area contributed by atoms with Crippen LogP contribution in [0.4, 0.5) is 0 Å².